The van der Waals surface area contributed by atoms with Gasteiger partial charge in [0.15, 0.2) is 72.2 Å². The summed E-state index contributed by atoms with van der Waals surface area (Å²) in [6.45, 7) is 13.4. The summed E-state index contributed by atoms with van der Waals surface area (Å²) in [5, 5.41) is 23.5. The number of amides is 1. The lowest BCUT2D eigenvalue weighted by atomic mass is 9.96. The van der Waals surface area contributed by atoms with Crippen LogP contribution in [0.4, 0.5) is 16.0 Å². The van der Waals surface area contributed by atoms with Crippen LogP contribution < -0.4 is 11.1 Å². The van der Waals surface area contributed by atoms with Crippen LogP contribution in [0, 0.1) is 5.41 Å². The molecule has 2 fully saturated rings. The summed E-state index contributed by atoms with van der Waals surface area (Å²) in [6, 6.07) is 0. The van der Waals surface area contributed by atoms with Gasteiger partial charge in [0.05, 0.1) is 39.1 Å². The number of nitrogens with one attached hydrogen (secondary N) is 1. The van der Waals surface area contributed by atoms with E-state index in [9.17, 15) is 33.3 Å². The number of fused-ring (bicyclic) bond motifs is 2. The van der Waals surface area contributed by atoms with Crippen LogP contribution in [-0.2, 0) is 60.5 Å². The Morgan fingerprint density at radius 2 is 1.28 bits per heavy atom. The first-order valence-corrected chi connectivity index (χ1v) is 24.1. The van der Waals surface area contributed by atoms with E-state index in [1.807, 2.05) is 0 Å². The van der Waals surface area contributed by atoms with Gasteiger partial charge in [-0.2, -0.15) is 19.9 Å². The highest BCUT2D eigenvalue weighted by molar-refractivity contribution is 7.53. The zero-order chi connectivity index (χ0) is 48.0. The number of anilines is 2. The van der Waals surface area contributed by atoms with Gasteiger partial charge in [0.1, 0.15) is 17.7 Å². The minimum atomic E-state index is -3.63. The van der Waals surface area contributed by atoms with Crippen molar-refractivity contribution in [3.63, 3.8) is 0 Å². The summed E-state index contributed by atoms with van der Waals surface area (Å²) in [5.74, 6) is -0.941. The fraction of sp³-hybridized carbons (Fsp3) is 0.657. The minimum Gasteiger partial charge on any atom is -0.454 e. The molecule has 0 bridgehead atoms. The summed E-state index contributed by atoms with van der Waals surface area (Å²) in [5.41, 5.74) is 5.66. The Bertz CT molecular complexity index is 2380. The maximum atomic E-state index is 14.7. The second-order valence-corrected chi connectivity index (χ2v) is 19.5. The van der Waals surface area contributed by atoms with Crippen molar-refractivity contribution >= 4 is 84.2 Å². The first kappa shape index (κ1) is 52.4. The number of aromatic nitrogens is 8. The maximum absolute atomic E-state index is 14.7. The summed E-state index contributed by atoms with van der Waals surface area (Å²) < 4.78 is 90.6. The lowest BCUT2D eigenvalue weighted by Crippen LogP contribution is -2.37. The van der Waals surface area contributed by atoms with E-state index < -0.39 is 88.8 Å². The van der Waals surface area contributed by atoms with E-state index >= 15 is 0 Å². The van der Waals surface area contributed by atoms with Crippen molar-refractivity contribution in [2.24, 2.45) is 5.41 Å². The number of rotatable bonds is 18. The van der Waals surface area contributed by atoms with Crippen LogP contribution in [0.1, 0.15) is 67.8 Å². The van der Waals surface area contributed by atoms with Crippen molar-refractivity contribution in [3.8, 4) is 0 Å². The van der Waals surface area contributed by atoms with Crippen LogP contribution in [0.3, 0.4) is 0 Å². The molecule has 5 N–H and O–H groups in total. The molecule has 6 heterocycles. The normalized spacial score (nSPS) is 23.8. The number of nitrogens with zero attached hydrogens (tertiary/aromatic N) is 8. The van der Waals surface area contributed by atoms with E-state index in [0.29, 0.717) is 0 Å². The van der Waals surface area contributed by atoms with Crippen molar-refractivity contribution < 1.29 is 75.1 Å². The van der Waals surface area contributed by atoms with E-state index in [2.05, 4.69) is 35.2 Å². The zero-order valence-electron chi connectivity index (χ0n) is 36.4. The fourth-order valence-electron chi connectivity index (χ4n) is 6.16. The summed E-state index contributed by atoms with van der Waals surface area (Å²) in [7, 11) is -7.19. The van der Waals surface area contributed by atoms with E-state index in [-0.39, 0.29) is 76.9 Å². The molecule has 25 nitrogen and oxygen atoms in total. The molecule has 0 saturated carbocycles. The van der Waals surface area contributed by atoms with Gasteiger partial charge in [0.25, 0.3) is 0 Å². The van der Waals surface area contributed by atoms with Crippen molar-refractivity contribution in [3.05, 3.63) is 23.2 Å². The molecule has 362 valence electrons. The third kappa shape index (κ3) is 12.5. The van der Waals surface area contributed by atoms with Gasteiger partial charge in [-0.3, -0.25) is 27.9 Å². The number of nitrogens with two attached hydrogens (primary N) is 1. The topological polar surface area (TPSA) is 317 Å². The molecule has 4 aromatic heterocycles. The Hall–Kier alpha value is -3.59. The third-order valence-corrected chi connectivity index (χ3v) is 12.9. The number of ether oxygens (including phenoxy) is 5. The molecule has 4 aromatic rings. The van der Waals surface area contributed by atoms with Gasteiger partial charge in [0, 0.05) is 12.3 Å². The quantitative estimate of drug-likeness (QED) is 0.0596. The molecular weight excluding hydrogens is 952 g/mol. The predicted molar refractivity (Wildman–Crippen MR) is 227 cm³/mol. The highest BCUT2D eigenvalue weighted by Crippen LogP contribution is 2.50. The number of aliphatic hydroxyl groups excluding tert-OH is 2. The number of alkyl halides is 1. The molecule has 0 aromatic carbocycles. The first-order valence-electron chi connectivity index (χ1n) is 19.9. The zero-order valence-corrected chi connectivity index (χ0v) is 39.7. The largest absolute Gasteiger partial charge is 0.454 e. The fourth-order valence-corrected chi connectivity index (χ4v) is 9.18. The Morgan fingerprint density at radius 1 is 0.800 bits per heavy atom. The molecule has 6 rings (SSSR count). The molecule has 2 aliphatic heterocycles. The van der Waals surface area contributed by atoms with Gasteiger partial charge in [-0.05, 0) is 50.9 Å². The summed E-state index contributed by atoms with van der Waals surface area (Å²) in [4.78, 5) is 48.5. The Balaban J connectivity index is 0.000000253. The standard InChI is InChI=1S/C21H31ClN5O9P.C14H20ClFN5O6P/c1-7-33-37(31,34-8-2)10-32-18-14(35-11(3)28)13(29)17(36-18)27-9-23-12-15(24-19(30)21(4,5)6)25-20(22)26-16(12)27;1-3-25-28(23,26-4-2)6-24-13-9(22)7(16)12(27-13)21-5-18-8-10(17)19-14(15)20-11(8)21/h9,13-14,17-18,29H,7-8,10H2,1-6H3,(H,24,25,26,30);5,7,9,12-13,22H,3-4,6H2,1-2H3,(H2,17,19,20)/t13-,14+,17-,18+;7-,9-,12+,13-/m10/s1. The lowest BCUT2D eigenvalue weighted by molar-refractivity contribution is -0.186. The molecular formula is C35H51Cl2FN10O15P2. The van der Waals surface area contributed by atoms with E-state index in [1.165, 1.54) is 21.8 Å². The van der Waals surface area contributed by atoms with E-state index in [0.717, 1.165) is 6.92 Å². The van der Waals surface area contributed by atoms with E-state index in [4.69, 9.17) is 70.7 Å². The van der Waals surface area contributed by atoms with Crippen molar-refractivity contribution in [2.75, 3.05) is 50.2 Å². The molecule has 30 heteroatoms. The predicted octanol–water partition coefficient (Wildman–Crippen LogP) is 4.71. The number of imidazole rings is 2. The monoisotopic (exact) mass is 1000 g/mol. The Labute approximate surface area is 381 Å². The van der Waals surface area contributed by atoms with Crippen molar-refractivity contribution in [2.45, 2.75) is 105 Å². The molecule has 0 radical (unpaired) electrons. The number of hydrogen-bond donors (Lipinski definition) is 4. The van der Waals surface area contributed by atoms with Crippen molar-refractivity contribution in [1.82, 2.24) is 39.0 Å². The smallest absolute Gasteiger partial charge is 0.356 e. The highest BCUT2D eigenvalue weighted by atomic mass is 35.5. The van der Waals surface area contributed by atoms with Gasteiger partial charge < -0.3 is 63.0 Å². The molecule has 0 unspecified atom stereocenters. The highest BCUT2D eigenvalue weighted by Gasteiger charge is 2.50. The minimum absolute atomic E-state index is 0.0184. The number of aliphatic hydroxyl groups is 2. The molecule has 65 heavy (non-hydrogen) atoms. The van der Waals surface area contributed by atoms with E-state index in [1.54, 1.807) is 48.5 Å². The molecule has 0 spiro atoms. The van der Waals surface area contributed by atoms with Crippen LogP contribution >= 0.6 is 38.4 Å². The van der Waals surface area contributed by atoms with Gasteiger partial charge >= 0.3 is 21.2 Å². The first-order chi connectivity index (χ1) is 30.6. The van der Waals surface area contributed by atoms with Gasteiger partial charge in [-0.15, -0.1) is 0 Å². The number of hydrogen-bond acceptors (Lipinski definition) is 22. The van der Waals surface area contributed by atoms with Crippen LogP contribution in [0.25, 0.3) is 22.3 Å². The lowest BCUT2D eigenvalue weighted by Gasteiger charge is -2.22. The molecule has 2 aliphatic rings. The number of carbonyl (C=O) groups is 2. The van der Waals surface area contributed by atoms with Crippen LogP contribution in [0.5, 0.6) is 0 Å². The van der Waals surface area contributed by atoms with Crippen LogP contribution in [0.2, 0.25) is 10.6 Å². The van der Waals surface area contributed by atoms with Gasteiger partial charge in [-0.1, -0.05) is 20.8 Å². The summed E-state index contributed by atoms with van der Waals surface area (Å²) in [6.07, 6.45) is -10.1. The average Bonchev–Trinajstić information content (AvgIpc) is 3.98. The number of halogens is 3. The number of esters is 1. The molecule has 2 saturated heterocycles. The molecule has 0 aliphatic carbocycles. The third-order valence-electron chi connectivity index (χ3n) is 9.00. The second kappa shape index (κ2) is 22.0. The Kier molecular flexibility index (Phi) is 17.7. The van der Waals surface area contributed by atoms with Gasteiger partial charge in [0.2, 0.25) is 22.8 Å². The summed E-state index contributed by atoms with van der Waals surface area (Å²) >= 11 is 11.9. The average molecular weight is 1000 g/mol. The Morgan fingerprint density at radius 3 is 1.80 bits per heavy atom. The van der Waals surface area contributed by atoms with Gasteiger partial charge in [-0.25, -0.2) is 14.4 Å². The second-order valence-electron chi connectivity index (χ2n) is 14.8. The number of nitrogen functional groups attached to an aromatic ring is 1. The van der Waals surface area contributed by atoms with Crippen LogP contribution in [0.15, 0.2) is 12.7 Å². The van der Waals surface area contributed by atoms with Crippen LogP contribution in [-0.4, -0.2) is 137 Å². The molecule has 8 atom stereocenters. The SMILES string of the molecule is CCOP(=O)(CO[C@H]1O[C@@H](n2cnc3c(N)nc(Cl)nc32)[C@@H](F)[C@@H]1O)OCC.CCOP(=O)(CO[C@H]1O[C@@H](n2cnc3c(NC(=O)C(C)(C)C)nc(Cl)nc32)[C@H](O)[C@@H]1OC(C)=O)OCC. The van der Waals surface area contributed by atoms with Crippen molar-refractivity contribution in [1.29, 1.82) is 0 Å². The maximum Gasteiger partial charge on any atom is 0.356 e. The molecule has 1 amide bonds. The number of carbonyl (C=O) groups excluding carboxylic acids is 2.